The van der Waals surface area contributed by atoms with Gasteiger partial charge in [0.15, 0.2) is 0 Å². The Bertz CT molecular complexity index is 1120. The van der Waals surface area contributed by atoms with Crippen LogP contribution in [0.5, 0.6) is 0 Å². The lowest BCUT2D eigenvalue weighted by Gasteiger charge is -2.16. The van der Waals surface area contributed by atoms with Gasteiger partial charge >= 0.3 is 0 Å². The van der Waals surface area contributed by atoms with Crippen LogP contribution < -0.4 is 10.6 Å². The lowest BCUT2D eigenvalue weighted by atomic mass is 10.0. The van der Waals surface area contributed by atoms with E-state index in [1.165, 1.54) is 6.92 Å². The molecule has 0 saturated heterocycles. The molecular formula is C21H18FN5O2. The van der Waals surface area contributed by atoms with Gasteiger partial charge in [-0.3, -0.25) is 4.79 Å². The molecule has 4 rings (SSSR count). The molecule has 1 aromatic heterocycles. The lowest BCUT2D eigenvalue weighted by molar-refractivity contribution is -0.116. The highest BCUT2D eigenvalue weighted by atomic mass is 19.1. The van der Waals surface area contributed by atoms with Gasteiger partial charge in [-0.2, -0.15) is 5.26 Å². The summed E-state index contributed by atoms with van der Waals surface area (Å²) in [5, 5.41) is 23.3. The third-order valence-electron chi connectivity index (χ3n) is 4.63. The number of hydrogen-bond acceptors (Lipinski definition) is 6. The average Bonchev–Trinajstić information content (AvgIpc) is 3.22. The molecule has 0 saturated carbocycles. The van der Waals surface area contributed by atoms with Crippen LogP contribution in [0.1, 0.15) is 24.5 Å². The summed E-state index contributed by atoms with van der Waals surface area (Å²) in [6.45, 7) is 1.57. The molecule has 1 unspecified atom stereocenters. The monoisotopic (exact) mass is 391 g/mol. The second-order valence-electron chi connectivity index (χ2n) is 6.87. The first-order chi connectivity index (χ1) is 14.0. The molecule has 0 spiro atoms. The summed E-state index contributed by atoms with van der Waals surface area (Å²) in [7, 11) is 0. The minimum Gasteiger partial charge on any atom is -0.416 e. The summed E-state index contributed by atoms with van der Waals surface area (Å²) in [4.78, 5) is 11.5. The quantitative estimate of drug-likeness (QED) is 0.683. The van der Waals surface area contributed by atoms with Gasteiger partial charge < -0.3 is 15.1 Å². The van der Waals surface area contributed by atoms with E-state index >= 15 is 0 Å². The smallest absolute Gasteiger partial charge is 0.248 e. The topological polar surface area (TPSA) is 104 Å². The molecule has 1 aliphatic heterocycles. The standard InChI is InChI=1S/C21H18FN5O2/c1-12(22)11-24-17-5-2-15(9-16(17)10-23)21-27-26-20(29-21)14-3-6-18-13(8-14)4-7-19(28)25-18/h2-3,5-6,8-9,12,24H,4,7,11H2,1H3,(H,25,28). The van der Waals surface area contributed by atoms with Crippen molar-refractivity contribution >= 4 is 17.3 Å². The number of benzene rings is 2. The summed E-state index contributed by atoms with van der Waals surface area (Å²) < 4.78 is 18.9. The van der Waals surface area contributed by atoms with Gasteiger partial charge in [0.1, 0.15) is 12.2 Å². The molecule has 146 valence electrons. The van der Waals surface area contributed by atoms with Crippen LogP contribution in [0, 0.1) is 11.3 Å². The Labute approximate surface area is 166 Å². The average molecular weight is 391 g/mol. The van der Waals surface area contributed by atoms with E-state index in [1.807, 2.05) is 18.2 Å². The van der Waals surface area contributed by atoms with E-state index in [1.54, 1.807) is 18.2 Å². The number of aryl methyl sites for hydroxylation is 1. The number of nitriles is 1. The fraction of sp³-hybridized carbons (Fsp3) is 0.238. The molecule has 0 radical (unpaired) electrons. The molecule has 8 heteroatoms. The fourth-order valence-corrected chi connectivity index (χ4v) is 3.15. The van der Waals surface area contributed by atoms with Gasteiger partial charge in [0.25, 0.3) is 0 Å². The van der Waals surface area contributed by atoms with Crippen LogP contribution in [-0.4, -0.2) is 28.8 Å². The zero-order chi connectivity index (χ0) is 20.4. The van der Waals surface area contributed by atoms with Crippen molar-refractivity contribution in [1.82, 2.24) is 10.2 Å². The first-order valence-electron chi connectivity index (χ1n) is 9.22. The Morgan fingerprint density at radius 2 is 1.93 bits per heavy atom. The van der Waals surface area contributed by atoms with Crippen molar-refractivity contribution in [1.29, 1.82) is 5.26 Å². The minimum absolute atomic E-state index is 0.0116. The summed E-state index contributed by atoms with van der Waals surface area (Å²) >= 11 is 0. The van der Waals surface area contributed by atoms with Crippen molar-refractivity contribution < 1.29 is 13.6 Å². The van der Waals surface area contributed by atoms with E-state index in [0.29, 0.717) is 35.5 Å². The molecule has 2 heterocycles. The number of alkyl halides is 1. The maximum absolute atomic E-state index is 13.1. The molecule has 2 aromatic carbocycles. The van der Waals surface area contributed by atoms with Gasteiger partial charge in [-0.15, -0.1) is 10.2 Å². The third-order valence-corrected chi connectivity index (χ3v) is 4.63. The van der Waals surface area contributed by atoms with Gasteiger partial charge in [-0.1, -0.05) is 0 Å². The molecule has 0 fully saturated rings. The molecule has 0 bridgehead atoms. The molecule has 1 amide bonds. The number of hydrogen-bond donors (Lipinski definition) is 2. The Kier molecular flexibility index (Phi) is 4.96. The van der Waals surface area contributed by atoms with Crippen LogP contribution in [0.3, 0.4) is 0 Å². The van der Waals surface area contributed by atoms with Crippen LogP contribution >= 0.6 is 0 Å². The van der Waals surface area contributed by atoms with E-state index in [0.717, 1.165) is 16.8 Å². The molecule has 1 aliphatic rings. The number of nitrogens with zero attached hydrogens (tertiary/aromatic N) is 3. The largest absolute Gasteiger partial charge is 0.416 e. The lowest BCUT2D eigenvalue weighted by Crippen LogP contribution is -2.18. The van der Waals surface area contributed by atoms with E-state index < -0.39 is 6.17 Å². The van der Waals surface area contributed by atoms with Crippen LogP contribution in [0.4, 0.5) is 15.8 Å². The summed E-state index contributed by atoms with van der Waals surface area (Å²) in [6.07, 6.45) is 0.0852. The molecule has 3 aromatic rings. The molecular weight excluding hydrogens is 373 g/mol. The van der Waals surface area contributed by atoms with Crippen LogP contribution in [-0.2, 0) is 11.2 Å². The predicted molar refractivity (Wildman–Crippen MR) is 106 cm³/mol. The van der Waals surface area contributed by atoms with Crippen molar-refractivity contribution in [3.63, 3.8) is 0 Å². The molecule has 0 aliphatic carbocycles. The van der Waals surface area contributed by atoms with Crippen molar-refractivity contribution in [3.05, 3.63) is 47.5 Å². The Morgan fingerprint density at radius 1 is 1.21 bits per heavy atom. The Balaban J connectivity index is 1.59. The van der Waals surface area contributed by atoms with Crippen LogP contribution in [0.2, 0.25) is 0 Å². The molecule has 1 atom stereocenters. The Morgan fingerprint density at radius 3 is 2.66 bits per heavy atom. The minimum atomic E-state index is -1.02. The highest BCUT2D eigenvalue weighted by Crippen LogP contribution is 2.30. The van der Waals surface area contributed by atoms with Crippen LogP contribution in [0.15, 0.2) is 40.8 Å². The Hall–Kier alpha value is -3.73. The number of carbonyl (C=O) groups excluding carboxylic acids is 1. The number of carbonyl (C=O) groups is 1. The van der Waals surface area contributed by atoms with Crippen molar-refractivity contribution in [2.75, 3.05) is 17.2 Å². The van der Waals surface area contributed by atoms with Crippen molar-refractivity contribution in [2.45, 2.75) is 25.9 Å². The fourth-order valence-electron chi connectivity index (χ4n) is 3.15. The summed E-state index contributed by atoms with van der Waals surface area (Å²) in [5.74, 6) is 0.650. The van der Waals surface area contributed by atoms with E-state index in [9.17, 15) is 14.4 Å². The van der Waals surface area contributed by atoms with E-state index in [-0.39, 0.29) is 18.3 Å². The third kappa shape index (κ3) is 3.94. The first-order valence-corrected chi connectivity index (χ1v) is 9.22. The van der Waals surface area contributed by atoms with Gasteiger partial charge in [-0.05, 0) is 55.3 Å². The van der Waals surface area contributed by atoms with Gasteiger partial charge in [-0.25, -0.2) is 4.39 Å². The number of rotatable bonds is 5. The highest BCUT2D eigenvalue weighted by molar-refractivity contribution is 5.94. The normalized spacial score (nSPS) is 13.9. The van der Waals surface area contributed by atoms with Gasteiger partial charge in [0.05, 0.1) is 11.3 Å². The molecule has 2 N–H and O–H groups in total. The first kappa shape index (κ1) is 18.6. The highest BCUT2D eigenvalue weighted by Gasteiger charge is 2.18. The maximum atomic E-state index is 13.1. The number of amides is 1. The number of aromatic nitrogens is 2. The van der Waals surface area contributed by atoms with Crippen LogP contribution in [0.25, 0.3) is 22.9 Å². The number of nitrogens with one attached hydrogen (secondary N) is 2. The maximum Gasteiger partial charge on any atom is 0.248 e. The van der Waals surface area contributed by atoms with E-state index in [4.69, 9.17) is 4.42 Å². The summed E-state index contributed by atoms with van der Waals surface area (Å²) in [5.41, 5.74) is 4.10. The second kappa shape index (κ2) is 7.72. The molecule has 29 heavy (non-hydrogen) atoms. The van der Waals surface area contributed by atoms with Gasteiger partial charge in [0, 0.05) is 29.8 Å². The predicted octanol–water partition coefficient (Wildman–Crippen LogP) is 3.93. The van der Waals surface area contributed by atoms with Crippen molar-refractivity contribution in [2.24, 2.45) is 0 Å². The summed E-state index contributed by atoms with van der Waals surface area (Å²) in [6, 6.07) is 12.7. The molecule has 7 nitrogen and oxygen atoms in total. The van der Waals surface area contributed by atoms with E-state index in [2.05, 4.69) is 26.9 Å². The number of fused-ring (bicyclic) bond motifs is 1. The SMILES string of the molecule is CC(F)CNc1ccc(-c2nnc(-c3ccc4c(c3)CCC(=O)N4)o2)cc1C#N. The zero-order valence-corrected chi connectivity index (χ0v) is 15.7. The van der Waals surface area contributed by atoms with Crippen molar-refractivity contribution in [3.8, 4) is 29.0 Å². The zero-order valence-electron chi connectivity index (χ0n) is 15.7. The van der Waals surface area contributed by atoms with Gasteiger partial charge in [0.2, 0.25) is 17.7 Å². The number of anilines is 2. The number of halogens is 1. The second-order valence-corrected chi connectivity index (χ2v) is 6.87.